The number of benzene rings is 2. The second-order valence-corrected chi connectivity index (χ2v) is 11.9. The third-order valence-electron chi connectivity index (χ3n) is 8.21. The molecule has 0 aliphatic carbocycles. The molecular formula is C34H46ClF3O6. The van der Waals surface area contributed by atoms with Crippen LogP contribution < -0.4 is 4.74 Å². The van der Waals surface area contributed by atoms with E-state index in [0.29, 0.717) is 48.0 Å². The lowest BCUT2D eigenvalue weighted by atomic mass is 9.82. The normalized spacial score (nSPS) is 26.4. The zero-order chi connectivity index (χ0) is 31.7. The highest BCUT2D eigenvalue weighted by Crippen LogP contribution is 2.54. The first-order valence-electron chi connectivity index (χ1n) is 15.9. The van der Waals surface area contributed by atoms with Crippen molar-refractivity contribution in [2.45, 2.75) is 109 Å². The highest BCUT2D eigenvalue weighted by molar-refractivity contribution is 6.31. The maximum absolute atomic E-state index is 15.2. The highest BCUT2D eigenvalue weighted by Gasteiger charge is 2.72. The van der Waals surface area contributed by atoms with Crippen LogP contribution in [0.3, 0.4) is 0 Å². The summed E-state index contributed by atoms with van der Waals surface area (Å²) in [4.78, 5) is 0. The molecule has 0 aromatic heterocycles. The van der Waals surface area contributed by atoms with Crippen molar-refractivity contribution in [3.63, 3.8) is 0 Å². The van der Waals surface area contributed by atoms with Crippen molar-refractivity contribution < 1.29 is 41.6 Å². The fraction of sp³-hybridized carbons (Fsp3) is 0.647. The van der Waals surface area contributed by atoms with Gasteiger partial charge < -0.3 is 28.4 Å². The van der Waals surface area contributed by atoms with Crippen LogP contribution in [0, 0.1) is 5.82 Å². The topological polar surface area (TPSA) is 55.4 Å². The van der Waals surface area contributed by atoms with E-state index in [2.05, 4.69) is 0 Å². The van der Waals surface area contributed by atoms with E-state index in [1.54, 1.807) is 37.3 Å². The average Bonchev–Trinajstić information content (AvgIpc) is 3.38. The Kier molecular flexibility index (Phi) is 12.8. The SMILES string of the molecule is CCCCO[C@@H]1[C@@H](OCCCC)[C@@]2(c3ccc(Cl)c(Cc4ccc(OCC)c(F)c4)c3)OC[C@](C(F)F)(O2)[C@H]1OCCCC. The molecule has 10 heteroatoms. The Hall–Kier alpha value is -1.88. The van der Waals surface area contributed by atoms with E-state index in [1.165, 1.54) is 6.07 Å². The van der Waals surface area contributed by atoms with Gasteiger partial charge in [0.25, 0.3) is 6.43 Å². The van der Waals surface area contributed by atoms with Crippen molar-refractivity contribution in [2.75, 3.05) is 33.0 Å². The minimum Gasteiger partial charge on any atom is -0.491 e. The molecule has 2 heterocycles. The predicted molar refractivity (Wildman–Crippen MR) is 163 cm³/mol. The molecular weight excluding hydrogens is 597 g/mol. The Morgan fingerprint density at radius 2 is 1.55 bits per heavy atom. The van der Waals surface area contributed by atoms with Crippen LogP contribution in [0.25, 0.3) is 0 Å². The number of ether oxygens (including phenoxy) is 6. The summed E-state index contributed by atoms with van der Waals surface area (Å²) < 4.78 is 82.1. The molecule has 2 aromatic rings. The predicted octanol–water partition coefficient (Wildman–Crippen LogP) is 8.24. The van der Waals surface area contributed by atoms with Gasteiger partial charge in [0.05, 0.1) is 13.2 Å². The molecule has 246 valence electrons. The molecule has 44 heavy (non-hydrogen) atoms. The molecule has 0 amide bonds. The first-order chi connectivity index (χ1) is 21.3. The summed E-state index contributed by atoms with van der Waals surface area (Å²) >= 11 is 6.63. The summed E-state index contributed by atoms with van der Waals surface area (Å²) in [6.07, 6.45) is -0.697. The number of hydrogen-bond acceptors (Lipinski definition) is 6. The third kappa shape index (κ3) is 7.39. The molecule has 5 atom stereocenters. The van der Waals surface area contributed by atoms with Gasteiger partial charge in [-0.2, -0.15) is 0 Å². The molecule has 2 aliphatic heterocycles. The van der Waals surface area contributed by atoms with Crippen LogP contribution in [0.1, 0.15) is 82.9 Å². The van der Waals surface area contributed by atoms with Gasteiger partial charge in [-0.3, -0.25) is 0 Å². The number of fused-ring (bicyclic) bond motifs is 2. The zero-order valence-corrected chi connectivity index (χ0v) is 27.0. The van der Waals surface area contributed by atoms with Crippen molar-refractivity contribution in [3.8, 4) is 5.75 Å². The van der Waals surface area contributed by atoms with Crippen LogP contribution in [0.2, 0.25) is 5.02 Å². The van der Waals surface area contributed by atoms with Crippen LogP contribution in [0.5, 0.6) is 5.75 Å². The Morgan fingerprint density at radius 3 is 2.16 bits per heavy atom. The second-order valence-electron chi connectivity index (χ2n) is 11.5. The second kappa shape index (κ2) is 16.1. The first-order valence-corrected chi connectivity index (χ1v) is 16.3. The number of unbranched alkanes of at least 4 members (excludes halogenated alkanes) is 3. The van der Waals surface area contributed by atoms with E-state index in [4.69, 9.17) is 40.0 Å². The summed E-state index contributed by atoms with van der Waals surface area (Å²) in [6.45, 7) is 8.84. The van der Waals surface area contributed by atoms with Crippen molar-refractivity contribution in [2.24, 2.45) is 0 Å². The molecule has 0 spiro atoms. The summed E-state index contributed by atoms with van der Waals surface area (Å²) in [5, 5.41) is 0.438. The van der Waals surface area contributed by atoms with Crippen LogP contribution in [-0.2, 0) is 35.9 Å². The molecule has 0 N–H and O–H groups in total. The van der Waals surface area contributed by atoms with Gasteiger partial charge in [0.15, 0.2) is 17.2 Å². The molecule has 0 unspecified atom stereocenters. The van der Waals surface area contributed by atoms with Gasteiger partial charge in [-0.05, 0) is 68.0 Å². The van der Waals surface area contributed by atoms with Crippen LogP contribution in [-0.4, -0.2) is 63.4 Å². The minimum atomic E-state index is -2.91. The molecule has 2 saturated heterocycles. The van der Waals surface area contributed by atoms with Gasteiger partial charge in [-0.15, -0.1) is 0 Å². The Balaban J connectivity index is 1.77. The van der Waals surface area contributed by atoms with Crippen LogP contribution >= 0.6 is 11.6 Å². The average molecular weight is 643 g/mol. The van der Waals surface area contributed by atoms with Gasteiger partial charge in [0.1, 0.15) is 18.3 Å². The van der Waals surface area contributed by atoms with Crippen molar-refractivity contribution >= 4 is 11.6 Å². The maximum Gasteiger partial charge on any atom is 0.272 e. The molecule has 4 rings (SSSR count). The monoisotopic (exact) mass is 642 g/mol. The van der Waals surface area contributed by atoms with Gasteiger partial charge in [-0.25, -0.2) is 13.2 Å². The van der Waals surface area contributed by atoms with E-state index in [-0.39, 0.29) is 18.8 Å². The Labute approximate surface area is 264 Å². The van der Waals surface area contributed by atoms with Gasteiger partial charge in [-0.1, -0.05) is 63.8 Å². The first kappa shape index (κ1) is 35.0. The summed E-state index contributed by atoms with van der Waals surface area (Å²) in [5.41, 5.74) is -0.264. The number of alkyl halides is 2. The quantitative estimate of drug-likeness (QED) is 0.153. The van der Waals surface area contributed by atoms with Crippen LogP contribution in [0.15, 0.2) is 36.4 Å². The smallest absolute Gasteiger partial charge is 0.272 e. The highest BCUT2D eigenvalue weighted by atomic mass is 35.5. The van der Waals surface area contributed by atoms with Crippen LogP contribution in [0.4, 0.5) is 13.2 Å². The number of hydrogen-bond donors (Lipinski definition) is 0. The largest absolute Gasteiger partial charge is 0.491 e. The molecule has 0 radical (unpaired) electrons. The van der Waals surface area contributed by atoms with Gasteiger partial charge in [0.2, 0.25) is 5.79 Å². The fourth-order valence-electron chi connectivity index (χ4n) is 5.79. The van der Waals surface area contributed by atoms with Crippen molar-refractivity contribution in [1.82, 2.24) is 0 Å². The maximum atomic E-state index is 15.2. The van der Waals surface area contributed by atoms with E-state index >= 15 is 8.78 Å². The standard InChI is InChI=1S/C34H46ClF3O6/c1-5-9-16-40-29-30(41-17-10-6-2)33(32(37)38)22-43-34(44-33,31(29)42-18-11-7-3)25-13-14-26(35)24(21-25)19-23-12-15-28(39-8-4)27(36)20-23/h12-15,20-21,29-32H,5-11,16-19,22H2,1-4H3/t29-,30-,31+,33-,34-/m0/s1. The Bertz CT molecular complexity index is 1200. The van der Waals surface area contributed by atoms with Crippen molar-refractivity contribution in [3.05, 3.63) is 63.9 Å². The lowest BCUT2D eigenvalue weighted by Gasteiger charge is -2.50. The van der Waals surface area contributed by atoms with E-state index in [1.807, 2.05) is 20.8 Å². The van der Waals surface area contributed by atoms with E-state index in [0.717, 1.165) is 32.1 Å². The lowest BCUT2D eigenvalue weighted by molar-refractivity contribution is -0.359. The third-order valence-corrected chi connectivity index (χ3v) is 8.58. The van der Waals surface area contributed by atoms with Gasteiger partial charge >= 0.3 is 0 Å². The molecule has 2 bridgehead atoms. The Morgan fingerprint density at radius 1 is 0.886 bits per heavy atom. The lowest BCUT2D eigenvalue weighted by Crippen LogP contribution is -2.68. The summed E-state index contributed by atoms with van der Waals surface area (Å²) in [6, 6.07) is 9.93. The van der Waals surface area contributed by atoms with Gasteiger partial charge in [0, 0.05) is 30.4 Å². The fourth-order valence-corrected chi connectivity index (χ4v) is 5.98. The summed E-state index contributed by atoms with van der Waals surface area (Å²) in [5.74, 6) is -2.00. The molecule has 2 aliphatic rings. The minimum absolute atomic E-state index is 0.171. The molecule has 0 saturated carbocycles. The van der Waals surface area contributed by atoms with E-state index in [9.17, 15) is 4.39 Å². The van der Waals surface area contributed by atoms with Crippen molar-refractivity contribution in [1.29, 1.82) is 0 Å². The zero-order valence-electron chi connectivity index (χ0n) is 26.2. The summed E-state index contributed by atoms with van der Waals surface area (Å²) in [7, 11) is 0. The molecule has 2 fully saturated rings. The molecule has 6 nitrogen and oxygen atoms in total. The number of rotatable bonds is 18. The number of halogens is 4. The molecule has 2 aromatic carbocycles. The van der Waals surface area contributed by atoms with E-state index < -0.39 is 48.5 Å².